The van der Waals surface area contributed by atoms with E-state index in [-0.39, 0.29) is 5.97 Å². The zero-order valence-electron chi connectivity index (χ0n) is 11.5. The van der Waals surface area contributed by atoms with E-state index in [1.165, 1.54) is 13.3 Å². The average molecular weight is 285 g/mol. The van der Waals surface area contributed by atoms with Gasteiger partial charge in [0.1, 0.15) is 12.4 Å². The Kier molecular flexibility index (Phi) is 4.93. The fourth-order valence-electron chi connectivity index (χ4n) is 1.74. The summed E-state index contributed by atoms with van der Waals surface area (Å²) in [7, 11) is 1.35. The molecule has 2 aromatic carbocycles. The molecule has 1 N–H and O–H groups in total. The molecule has 0 spiro atoms. The molecule has 108 valence electrons. The highest BCUT2D eigenvalue weighted by atomic mass is 16.5. The summed E-state index contributed by atoms with van der Waals surface area (Å²) in [5.74, 6) is 0.353. The van der Waals surface area contributed by atoms with Gasteiger partial charge in [0.15, 0.2) is 0 Å². The molecule has 0 aliphatic rings. The lowest BCUT2D eigenvalue weighted by Gasteiger charge is -2.07. The first-order valence-electron chi connectivity index (χ1n) is 6.30. The van der Waals surface area contributed by atoms with Crippen LogP contribution in [0, 0.1) is 0 Å². The quantitative estimate of drug-likeness (QED) is 0.397. The number of carbonyl (C=O) groups is 1. The SMILES string of the molecule is COC(=O)c1ccc(COc2ccc(C=NO)cc2)cc1. The van der Waals surface area contributed by atoms with Gasteiger partial charge in [-0.25, -0.2) is 4.79 Å². The fourth-order valence-corrected chi connectivity index (χ4v) is 1.74. The number of esters is 1. The number of hydrogen-bond donors (Lipinski definition) is 1. The number of carbonyl (C=O) groups excluding carboxylic acids is 1. The predicted molar refractivity (Wildman–Crippen MR) is 77.9 cm³/mol. The topological polar surface area (TPSA) is 68.1 Å². The van der Waals surface area contributed by atoms with E-state index in [0.29, 0.717) is 17.9 Å². The van der Waals surface area contributed by atoms with Crippen LogP contribution >= 0.6 is 0 Å². The summed E-state index contributed by atoms with van der Waals surface area (Å²) in [6.07, 6.45) is 1.34. The maximum Gasteiger partial charge on any atom is 0.337 e. The Balaban J connectivity index is 1.94. The molecule has 0 unspecified atom stereocenters. The molecule has 0 radical (unpaired) electrons. The molecule has 0 aromatic heterocycles. The lowest BCUT2D eigenvalue weighted by atomic mass is 10.1. The van der Waals surface area contributed by atoms with E-state index < -0.39 is 0 Å². The average Bonchev–Trinajstić information content (AvgIpc) is 2.54. The van der Waals surface area contributed by atoms with Crippen LogP contribution in [0.15, 0.2) is 53.7 Å². The standard InChI is InChI=1S/C16H15NO4/c1-20-16(18)14-6-2-13(3-7-14)11-21-15-8-4-12(5-9-15)10-17-19/h2-10,19H,11H2,1H3. The molecule has 2 rings (SSSR count). The Morgan fingerprint density at radius 3 is 2.38 bits per heavy atom. The van der Waals surface area contributed by atoms with Gasteiger partial charge in [-0.05, 0) is 47.5 Å². The molecule has 5 nitrogen and oxygen atoms in total. The van der Waals surface area contributed by atoms with Crippen molar-refractivity contribution in [2.75, 3.05) is 7.11 Å². The number of rotatable bonds is 5. The van der Waals surface area contributed by atoms with Gasteiger partial charge < -0.3 is 14.7 Å². The summed E-state index contributed by atoms with van der Waals surface area (Å²) in [5.41, 5.74) is 2.24. The molecule has 0 amide bonds. The highest BCUT2D eigenvalue weighted by molar-refractivity contribution is 5.89. The van der Waals surface area contributed by atoms with Gasteiger partial charge in [0.05, 0.1) is 18.9 Å². The van der Waals surface area contributed by atoms with Crippen LogP contribution in [0.5, 0.6) is 5.75 Å². The van der Waals surface area contributed by atoms with E-state index in [2.05, 4.69) is 9.89 Å². The first kappa shape index (κ1) is 14.6. The third-order valence-electron chi connectivity index (χ3n) is 2.87. The number of oxime groups is 1. The number of hydrogen-bond acceptors (Lipinski definition) is 5. The van der Waals surface area contributed by atoms with Crippen LogP contribution in [-0.2, 0) is 11.3 Å². The van der Waals surface area contributed by atoms with E-state index in [1.807, 2.05) is 12.1 Å². The summed E-state index contributed by atoms with van der Waals surface area (Å²) in [5, 5.41) is 11.4. The van der Waals surface area contributed by atoms with E-state index in [9.17, 15) is 4.79 Å². The molecule has 0 fully saturated rings. The normalized spacial score (nSPS) is 10.5. The number of ether oxygens (including phenoxy) is 2. The zero-order chi connectivity index (χ0) is 15.1. The summed E-state index contributed by atoms with van der Waals surface area (Å²) >= 11 is 0. The monoisotopic (exact) mass is 285 g/mol. The predicted octanol–water partition coefficient (Wildman–Crippen LogP) is 2.86. The highest BCUT2D eigenvalue weighted by Crippen LogP contribution is 2.14. The zero-order valence-corrected chi connectivity index (χ0v) is 11.5. The Morgan fingerprint density at radius 2 is 1.81 bits per heavy atom. The first-order valence-corrected chi connectivity index (χ1v) is 6.30. The van der Waals surface area contributed by atoms with Crippen molar-refractivity contribution in [3.63, 3.8) is 0 Å². The minimum absolute atomic E-state index is 0.358. The Bertz CT molecular complexity index is 618. The number of benzene rings is 2. The fraction of sp³-hybridized carbons (Fsp3) is 0.125. The molecular weight excluding hydrogens is 270 g/mol. The minimum Gasteiger partial charge on any atom is -0.489 e. The maximum absolute atomic E-state index is 11.3. The Labute approximate surface area is 122 Å². The van der Waals surface area contributed by atoms with Crippen molar-refractivity contribution < 1.29 is 19.5 Å². The third-order valence-corrected chi connectivity index (χ3v) is 2.87. The summed E-state index contributed by atoms with van der Waals surface area (Å²) in [6.45, 7) is 0.398. The van der Waals surface area contributed by atoms with Gasteiger partial charge >= 0.3 is 5.97 Å². The Hall–Kier alpha value is -2.82. The van der Waals surface area contributed by atoms with Crippen LogP contribution in [0.25, 0.3) is 0 Å². The van der Waals surface area contributed by atoms with E-state index in [4.69, 9.17) is 9.94 Å². The molecule has 0 saturated heterocycles. The van der Waals surface area contributed by atoms with Gasteiger partial charge in [-0.15, -0.1) is 0 Å². The number of methoxy groups -OCH3 is 1. The second-order valence-electron chi connectivity index (χ2n) is 4.29. The molecular formula is C16H15NO4. The molecule has 0 aliphatic heterocycles. The molecule has 21 heavy (non-hydrogen) atoms. The second-order valence-corrected chi connectivity index (χ2v) is 4.29. The van der Waals surface area contributed by atoms with Crippen LogP contribution in [-0.4, -0.2) is 24.5 Å². The van der Waals surface area contributed by atoms with Gasteiger partial charge in [-0.1, -0.05) is 17.3 Å². The Morgan fingerprint density at radius 1 is 1.14 bits per heavy atom. The van der Waals surface area contributed by atoms with Crippen LogP contribution in [0.4, 0.5) is 0 Å². The van der Waals surface area contributed by atoms with Gasteiger partial charge in [0, 0.05) is 0 Å². The third kappa shape index (κ3) is 4.07. The van der Waals surface area contributed by atoms with Crippen molar-refractivity contribution in [3.05, 3.63) is 65.2 Å². The van der Waals surface area contributed by atoms with E-state index in [0.717, 1.165) is 11.1 Å². The van der Waals surface area contributed by atoms with Crippen molar-refractivity contribution >= 4 is 12.2 Å². The van der Waals surface area contributed by atoms with Crippen molar-refractivity contribution in [1.29, 1.82) is 0 Å². The first-order chi connectivity index (χ1) is 10.2. The molecule has 0 bridgehead atoms. The minimum atomic E-state index is -0.358. The molecule has 5 heteroatoms. The molecule has 2 aromatic rings. The van der Waals surface area contributed by atoms with E-state index >= 15 is 0 Å². The van der Waals surface area contributed by atoms with Crippen LogP contribution in [0.2, 0.25) is 0 Å². The lowest BCUT2D eigenvalue weighted by Crippen LogP contribution is -2.02. The summed E-state index contributed by atoms with van der Waals surface area (Å²) < 4.78 is 10.3. The van der Waals surface area contributed by atoms with Gasteiger partial charge in [0.2, 0.25) is 0 Å². The molecule has 0 atom stereocenters. The van der Waals surface area contributed by atoms with Crippen LogP contribution in [0.1, 0.15) is 21.5 Å². The van der Waals surface area contributed by atoms with Crippen LogP contribution < -0.4 is 4.74 Å². The molecule has 0 saturated carbocycles. The molecule has 0 heterocycles. The maximum atomic E-state index is 11.3. The smallest absolute Gasteiger partial charge is 0.337 e. The number of nitrogens with zero attached hydrogens (tertiary/aromatic N) is 1. The van der Waals surface area contributed by atoms with Crippen molar-refractivity contribution in [2.24, 2.45) is 5.16 Å². The second kappa shape index (κ2) is 7.09. The van der Waals surface area contributed by atoms with Crippen molar-refractivity contribution in [3.8, 4) is 5.75 Å². The largest absolute Gasteiger partial charge is 0.489 e. The van der Waals surface area contributed by atoms with Gasteiger partial charge in [-0.2, -0.15) is 0 Å². The van der Waals surface area contributed by atoms with Crippen molar-refractivity contribution in [2.45, 2.75) is 6.61 Å². The lowest BCUT2D eigenvalue weighted by molar-refractivity contribution is 0.0600. The molecule has 0 aliphatic carbocycles. The van der Waals surface area contributed by atoms with Gasteiger partial charge in [0.25, 0.3) is 0 Å². The van der Waals surface area contributed by atoms with E-state index in [1.54, 1.807) is 36.4 Å². The van der Waals surface area contributed by atoms with Crippen molar-refractivity contribution in [1.82, 2.24) is 0 Å². The van der Waals surface area contributed by atoms with Crippen LogP contribution in [0.3, 0.4) is 0 Å². The summed E-state index contributed by atoms with van der Waals surface area (Å²) in [4.78, 5) is 11.3. The highest BCUT2D eigenvalue weighted by Gasteiger charge is 2.04. The summed E-state index contributed by atoms with van der Waals surface area (Å²) in [6, 6.07) is 14.2. The van der Waals surface area contributed by atoms with Gasteiger partial charge in [-0.3, -0.25) is 0 Å².